The van der Waals surface area contributed by atoms with Crippen LogP contribution in [0, 0.1) is 29.2 Å². The van der Waals surface area contributed by atoms with Crippen LogP contribution in [0.5, 0.6) is 5.75 Å². The molecule has 1 saturated carbocycles. The zero-order chi connectivity index (χ0) is 17.1. The number of hydrogen-bond donors (Lipinski definition) is 0. The summed E-state index contributed by atoms with van der Waals surface area (Å²) < 4.78 is 57.8. The Hall–Kier alpha value is -1.79. The molecular weight excluding hydrogens is 314 g/mol. The first-order valence-corrected chi connectivity index (χ1v) is 7.52. The summed E-state index contributed by atoms with van der Waals surface area (Å²) in [6, 6.07) is 0.135. The molecule has 0 N–H and O–H groups in total. The van der Waals surface area contributed by atoms with Crippen LogP contribution in [0.15, 0.2) is 6.07 Å². The topological polar surface area (TPSA) is 29.5 Å². The minimum Gasteiger partial charge on any atom is -0.477 e. The van der Waals surface area contributed by atoms with E-state index in [-0.39, 0.29) is 12.1 Å². The van der Waals surface area contributed by atoms with E-state index in [1.807, 2.05) is 0 Å². The smallest absolute Gasteiger partial charge is 0.260 e. The zero-order valence-corrected chi connectivity index (χ0v) is 13.0. The summed E-state index contributed by atoms with van der Waals surface area (Å²) >= 11 is 0. The fourth-order valence-electron chi connectivity index (χ4n) is 2.75. The Morgan fingerprint density at radius 1 is 1.13 bits per heavy atom. The number of nitrogens with zero attached hydrogens (tertiary/aromatic N) is 1. The van der Waals surface area contributed by atoms with Crippen molar-refractivity contribution in [2.24, 2.45) is 5.92 Å². The summed E-state index contributed by atoms with van der Waals surface area (Å²) in [6.45, 7) is 1.46. The van der Waals surface area contributed by atoms with Crippen LogP contribution in [0.25, 0.3) is 0 Å². The molecule has 1 amide bonds. The first kappa shape index (κ1) is 17.6. The number of carbonyl (C=O) groups is 1. The van der Waals surface area contributed by atoms with Gasteiger partial charge in [-0.05, 0) is 31.6 Å². The summed E-state index contributed by atoms with van der Waals surface area (Å²) in [5, 5.41) is 0. The second kappa shape index (κ2) is 7.19. The monoisotopic (exact) mass is 333 g/mol. The van der Waals surface area contributed by atoms with Gasteiger partial charge in [0.1, 0.15) is 0 Å². The van der Waals surface area contributed by atoms with E-state index < -0.39 is 41.5 Å². The quantitative estimate of drug-likeness (QED) is 0.622. The van der Waals surface area contributed by atoms with Crippen LogP contribution in [0.3, 0.4) is 0 Å². The highest BCUT2D eigenvalue weighted by Gasteiger charge is 2.26. The van der Waals surface area contributed by atoms with Gasteiger partial charge >= 0.3 is 0 Å². The van der Waals surface area contributed by atoms with Crippen molar-refractivity contribution in [1.29, 1.82) is 0 Å². The van der Waals surface area contributed by atoms with Crippen molar-refractivity contribution in [2.75, 3.05) is 13.7 Å². The first-order valence-electron chi connectivity index (χ1n) is 7.52. The van der Waals surface area contributed by atoms with Crippen molar-refractivity contribution in [3.8, 4) is 5.75 Å². The molecule has 0 radical (unpaired) electrons. The third kappa shape index (κ3) is 3.95. The summed E-state index contributed by atoms with van der Waals surface area (Å²) in [4.78, 5) is 13.5. The molecule has 0 heterocycles. The van der Waals surface area contributed by atoms with Gasteiger partial charge in [0.05, 0.1) is 0 Å². The molecule has 7 heteroatoms. The number of likely N-dealkylation sites (N-methyl/N-ethyl adjacent to an activating group) is 1. The standard InChI is InChI=1S/C16H19F4NO2/c1-9-3-5-10(6-4-9)21(2)13(22)8-23-16-14(19)11(17)7-12(18)15(16)20/h7,9-10H,3-6,8H2,1-2H3. The van der Waals surface area contributed by atoms with Crippen molar-refractivity contribution >= 4 is 5.91 Å². The molecular formula is C16H19F4NO2. The van der Waals surface area contributed by atoms with Crippen LogP contribution in [0.4, 0.5) is 17.6 Å². The van der Waals surface area contributed by atoms with E-state index in [2.05, 4.69) is 6.92 Å². The number of amides is 1. The second-order valence-corrected chi connectivity index (χ2v) is 6.00. The highest BCUT2D eigenvalue weighted by atomic mass is 19.2. The molecule has 1 aromatic rings. The van der Waals surface area contributed by atoms with Gasteiger partial charge in [0.2, 0.25) is 11.6 Å². The lowest BCUT2D eigenvalue weighted by Gasteiger charge is -2.33. The Bertz CT molecular complexity index is 560. The molecule has 0 atom stereocenters. The maximum absolute atomic E-state index is 13.5. The van der Waals surface area contributed by atoms with Crippen LogP contribution in [-0.2, 0) is 4.79 Å². The second-order valence-electron chi connectivity index (χ2n) is 6.00. The Morgan fingerprint density at radius 3 is 2.17 bits per heavy atom. The van der Waals surface area contributed by atoms with Crippen molar-refractivity contribution in [3.63, 3.8) is 0 Å². The average molecular weight is 333 g/mol. The molecule has 1 aromatic carbocycles. The van der Waals surface area contributed by atoms with Gasteiger partial charge < -0.3 is 9.64 Å². The van der Waals surface area contributed by atoms with Crippen molar-refractivity contribution in [3.05, 3.63) is 29.3 Å². The van der Waals surface area contributed by atoms with Gasteiger partial charge in [-0.15, -0.1) is 0 Å². The van der Waals surface area contributed by atoms with E-state index >= 15 is 0 Å². The number of halogens is 4. The molecule has 0 bridgehead atoms. The lowest BCUT2D eigenvalue weighted by Crippen LogP contribution is -2.41. The summed E-state index contributed by atoms with van der Waals surface area (Å²) in [6.07, 6.45) is 3.70. The molecule has 1 fully saturated rings. The van der Waals surface area contributed by atoms with Crippen LogP contribution < -0.4 is 4.74 Å². The predicted octanol–water partition coefficient (Wildman–Crippen LogP) is 3.66. The van der Waals surface area contributed by atoms with Crippen molar-refractivity contribution < 1.29 is 27.1 Å². The number of hydrogen-bond acceptors (Lipinski definition) is 2. The molecule has 0 aromatic heterocycles. The summed E-state index contributed by atoms with van der Waals surface area (Å²) in [5.41, 5.74) is 0. The molecule has 1 aliphatic rings. The summed E-state index contributed by atoms with van der Waals surface area (Å²) in [7, 11) is 1.59. The maximum atomic E-state index is 13.5. The lowest BCUT2D eigenvalue weighted by atomic mass is 9.87. The SMILES string of the molecule is CC1CCC(N(C)C(=O)COc2c(F)c(F)cc(F)c2F)CC1. The Labute approximate surface area is 132 Å². The fourth-order valence-corrected chi connectivity index (χ4v) is 2.75. The molecule has 2 rings (SSSR count). The highest BCUT2D eigenvalue weighted by Crippen LogP contribution is 2.28. The van der Waals surface area contributed by atoms with Gasteiger partial charge in [0, 0.05) is 19.2 Å². The molecule has 128 valence electrons. The minimum atomic E-state index is -1.65. The Kier molecular flexibility index (Phi) is 5.49. The van der Waals surface area contributed by atoms with E-state index in [0.29, 0.717) is 5.92 Å². The minimum absolute atomic E-state index is 0.0428. The fraction of sp³-hybridized carbons (Fsp3) is 0.562. The molecule has 0 spiro atoms. The number of benzene rings is 1. The molecule has 1 aliphatic carbocycles. The Morgan fingerprint density at radius 2 is 1.65 bits per heavy atom. The lowest BCUT2D eigenvalue weighted by molar-refractivity contribution is -0.135. The maximum Gasteiger partial charge on any atom is 0.260 e. The zero-order valence-electron chi connectivity index (χ0n) is 13.0. The normalized spacial score (nSPS) is 21.1. The Balaban J connectivity index is 1.99. The molecule has 0 saturated heterocycles. The molecule has 0 aliphatic heterocycles. The van der Waals surface area contributed by atoms with Gasteiger partial charge in [0.15, 0.2) is 24.0 Å². The van der Waals surface area contributed by atoms with Gasteiger partial charge in [-0.25, -0.2) is 8.78 Å². The number of ether oxygens (including phenoxy) is 1. The van der Waals surface area contributed by atoms with E-state index in [1.54, 1.807) is 7.05 Å². The van der Waals surface area contributed by atoms with Gasteiger partial charge in [-0.2, -0.15) is 8.78 Å². The highest BCUT2D eigenvalue weighted by molar-refractivity contribution is 5.77. The van der Waals surface area contributed by atoms with E-state index in [4.69, 9.17) is 4.74 Å². The third-order valence-electron chi connectivity index (χ3n) is 4.34. The van der Waals surface area contributed by atoms with Crippen LogP contribution in [0.1, 0.15) is 32.6 Å². The first-order chi connectivity index (χ1) is 10.8. The molecule has 0 unspecified atom stereocenters. The van der Waals surface area contributed by atoms with Crippen LogP contribution in [0.2, 0.25) is 0 Å². The third-order valence-corrected chi connectivity index (χ3v) is 4.34. The van der Waals surface area contributed by atoms with Crippen molar-refractivity contribution in [2.45, 2.75) is 38.6 Å². The van der Waals surface area contributed by atoms with Crippen molar-refractivity contribution in [1.82, 2.24) is 4.90 Å². The molecule has 23 heavy (non-hydrogen) atoms. The van der Waals surface area contributed by atoms with Gasteiger partial charge in [-0.1, -0.05) is 6.92 Å². The molecule has 3 nitrogen and oxygen atoms in total. The number of carbonyl (C=O) groups excluding carboxylic acids is 1. The van der Waals surface area contributed by atoms with E-state index in [0.717, 1.165) is 25.7 Å². The van der Waals surface area contributed by atoms with Gasteiger partial charge in [0.25, 0.3) is 5.91 Å². The largest absolute Gasteiger partial charge is 0.477 e. The van der Waals surface area contributed by atoms with Gasteiger partial charge in [-0.3, -0.25) is 4.79 Å². The van der Waals surface area contributed by atoms with Crippen LogP contribution >= 0.6 is 0 Å². The van der Waals surface area contributed by atoms with Crippen LogP contribution in [-0.4, -0.2) is 30.5 Å². The summed E-state index contributed by atoms with van der Waals surface area (Å²) in [5.74, 6) is -7.52. The van der Waals surface area contributed by atoms with E-state index in [1.165, 1.54) is 4.90 Å². The van der Waals surface area contributed by atoms with E-state index in [9.17, 15) is 22.4 Å². The average Bonchev–Trinajstić information content (AvgIpc) is 2.53. The number of rotatable bonds is 4. The predicted molar refractivity (Wildman–Crippen MR) is 76.0 cm³/mol.